The first-order chi connectivity index (χ1) is 10.4. The fourth-order valence-corrected chi connectivity index (χ4v) is 2.70. The summed E-state index contributed by atoms with van der Waals surface area (Å²) in [6.07, 6.45) is 15.0. The van der Waals surface area contributed by atoms with E-state index in [1.807, 2.05) is 24.2 Å². The second-order valence-electron chi connectivity index (χ2n) is 4.88. The van der Waals surface area contributed by atoms with E-state index >= 15 is 0 Å². The summed E-state index contributed by atoms with van der Waals surface area (Å²) < 4.78 is 31.6. The maximum atomic E-state index is 11.2. The minimum absolute atomic E-state index is 0.114. The first-order valence-electron chi connectivity index (χ1n) is 6.79. The molecular weight excluding hydrogens is 302 g/mol. The fraction of sp³-hybridized carbons (Fsp3) is 0.188. The van der Waals surface area contributed by atoms with Crippen LogP contribution in [-0.4, -0.2) is 36.0 Å². The number of nitrogens with zero attached hydrogens (tertiary/aromatic N) is 1. The van der Waals surface area contributed by atoms with Gasteiger partial charge in [0.1, 0.15) is 5.75 Å². The summed E-state index contributed by atoms with van der Waals surface area (Å²) in [4.78, 5) is 13.1. The van der Waals surface area contributed by atoms with Crippen molar-refractivity contribution in [3.63, 3.8) is 0 Å². The van der Waals surface area contributed by atoms with Gasteiger partial charge in [-0.2, -0.15) is 8.42 Å². The summed E-state index contributed by atoms with van der Waals surface area (Å²) in [6, 6.07) is 0. The molecule has 0 amide bonds. The van der Waals surface area contributed by atoms with Crippen molar-refractivity contribution in [1.82, 2.24) is 4.90 Å². The Labute approximate surface area is 130 Å². The molecule has 1 aliphatic heterocycles. The Bertz CT molecular complexity index is 715. The van der Waals surface area contributed by atoms with Gasteiger partial charge in [-0.15, -0.1) is 0 Å². The van der Waals surface area contributed by atoms with Gasteiger partial charge < -0.3 is 4.90 Å². The third-order valence-electron chi connectivity index (χ3n) is 3.19. The average molecular weight is 319 g/mol. The predicted octanol–water partition coefficient (Wildman–Crippen LogP) is 2.16. The summed E-state index contributed by atoms with van der Waals surface area (Å²) in [5.74, 6) is -0.598. The zero-order chi connectivity index (χ0) is 16.2. The van der Waals surface area contributed by atoms with Crippen molar-refractivity contribution < 1.29 is 17.8 Å². The SMILES string of the molecule is CCN1C=CC(=C(C=C2C=CC(=O)C=C2)CS(=O)(=O)O)C=C1. The molecule has 0 aromatic rings. The van der Waals surface area contributed by atoms with Crippen LogP contribution in [0.15, 0.2) is 71.7 Å². The highest BCUT2D eigenvalue weighted by molar-refractivity contribution is 7.86. The van der Waals surface area contributed by atoms with Crippen molar-refractivity contribution in [3.8, 4) is 0 Å². The van der Waals surface area contributed by atoms with E-state index in [-0.39, 0.29) is 5.78 Å². The second-order valence-corrected chi connectivity index (χ2v) is 6.33. The maximum absolute atomic E-state index is 11.2. The van der Waals surface area contributed by atoms with Gasteiger partial charge >= 0.3 is 0 Å². The maximum Gasteiger partial charge on any atom is 0.269 e. The normalized spacial score (nSPS) is 17.4. The lowest BCUT2D eigenvalue weighted by molar-refractivity contribution is -0.110. The van der Waals surface area contributed by atoms with Crippen molar-refractivity contribution in [2.45, 2.75) is 6.92 Å². The molecule has 0 aromatic heterocycles. The van der Waals surface area contributed by atoms with Crippen molar-refractivity contribution in [2.24, 2.45) is 0 Å². The lowest BCUT2D eigenvalue weighted by Crippen LogP contribution is -2.12. The van der Waals surface area contributed by atoms with Crippen LogP contribution in [-0.2, 0) is 14.9 Å². The second kappa shape index (κ2) is 6.72. The van der Waals surface area contributed by atoms with Crippen LogP contribution in [0.4, 0.5) is 0 Å². The van der Waals surface area contributed by atoms with E-state index in [9.17, 15) is 13.2 Å². The zero-order valence-electron chi connectivity index (χ0n) is 12.1. The van der Waals surface area contributed by atoms with Gasteiger partial charge in [0.15, 0.2) is 5.78 Å². The topological polar surface area (TPSA) is 74.7 Å². The lowest BCUT2D eigenvalue weighted by atomic mass is 10.0. The van der Waals surface area contributed by atoms with Gasteiger partial charge in [0, 0.05) is 18.9 Å². The third-order valence-corrected chi connectivity index (χ3v) is 3.86. The van der Waals surface area contributed by atoms with Crippen molar-refractivity contribution in [3.05, 3.63) is 71.7 Å². The molecule has 2 rings (SSSR count). The number of rotatable bonds is 4. The van der Waals surface area contributed by atoms with Gasteiger partial charge in [-0.3, -0.25) is 9.35 Å². The molecule has 0 saturated carbocycles. The number of ketones is 1. The smallest absolute Gasteiger partial charge is 0.269 e. The molecule has 0 aromatic carbocycles. The van der Waals surface area contributed by atoms with E-state index in [0.29, 0.717) is 16.7 Å². The van der Waals surface area contributed by atoms with Crippen LogP contribution in [0.2, 0.25) is 0 Å². The molecular formula is C16H17NO4S. The van der Waals surface area contributed by atoms with Crippen molar-refractivity contribution in [2.75, 3.05) is 12.3 Å². The van der Waals surface area contributed by atoms with E-state index in [1.54, 1.807) is 30.4 Å². The molecule has 116 valence electrons. The molecule has 1 heterocycles. The van der Waals surface area contributed by atoms with Gasteiger partial charge in [0.2, 0.25) is 0 Å². The number of allylic oxidation sites excluding steroid dienone is 9. The fourth-order valence-electron chi connectivity index (χ4n) is 2.05. The van der Waals surface area contributed by atoms with Gasteiger partial charge in [-0.25, -0.2) is 0 Å². The number of carbonyl (C=O) groups excluding carboxylic acids is 1. The van der Waals surface area contributed by atoms with Gasteiger partial charge in [-0.1, -0.05) is 18.2 Å². The first-order valence-corrected chi connectivity index (χ1v) is 8.40. The van der Waals surface area contributed by atoms with Crippen LogP contribution < -0.4 is 0 Å². The van der Waals surface area contributed by atoms with E-state index in [1.165, 1.54) is 12.2 Å². The number of hydrogen-bond acceptors (Lipinski definition) is 4. The molecule has 1 aliphatic carbocycles. The van der Waals surface area contributed by atoms with E-state index in [0.717, 1.165) is 6.54 Å². The first kappa shape index (κ1) is 16.2. The average Bonchev–Trinajstić information content (AvgIpc) is 2.48. The Morgan fingerprint density at radius 3 is 2.23 bits per heavy atom. The van der Waals surface area contributed by atoms with Gasteiger partial charge in [-0.05, 0) is 47.9 Å². The van der Waals surface area contributed by atoms with Crippen LogP contribution in [0.3, 0.4) is 0 Å². The minimum atomic E-state index is -4.15. The highest BCUT2D eigenvalue weighted by Crippen LogP contribution is 2.19. The van der Waals surface area contributed by atoms with Crippen LogP contribution in [0, 0.1) is 0 Å². The van der Waals surface area contributed by atoms with Crippen LogP contribution >= 0.6 is 0 Å². The summed E-state index contributed by atoms with van der Waals surface area (Å²) in [6.45, 7) is 2.81. The highest BCUT2D eigenvalue weighted by atomic mass is 32.2. The molecule has 6 heteroatoms. The molecule has 2 aliphatic rings. The molecule has 5 nitrogen and oxygen atoms in total. The van der Waals surface area contributed by atoms with E-state index < -0.39 is 15.9 Å². The molecule has 22 heavy (non-hydrogen) atoms. The molecule has 1 N–H and O–H groups in total. The van der Waals surface area contributed by atoms with Gasteiger partial charge in [0.25, 0.3) is 10.1 Å². The van der Waals surface area contributed by atoms with Crippen molar-refractivity contribution in [1.29, 1.82) is 0 Å². The Morgan fingerprint density at radius 1 is 1.14 bits per heavy atom. The van der Waals surface area contributed by atoms with Crippen LogP contribution in [0.5, 0.6) is 0 Å². The van der Waals surface area contributed by atoms with E-state index in [2.05, 4.69) is 0 Å². The standard InChI is InChI=1S/C16H17NO4S/c1-2-17-9-7-14(8-10-17)15(12-22(19,20)21)11-13-3-5-16(18)6-4-13/h3-11H,2,12H2,1H3,(H,19,20,21). The summed E-state index contributed by atoms with van der Waals surface area (Å²) in [7, 11) is -4.15. The zero-order valence-corrected chi connectivity index (χ0v) is 13.0. The van der Waals surface area contributed by atoms with Crippen LogP contribution in [0.25, 0.3) is 0 Å². The third kappa shape index (κ3) is 4.68. The number of carbonyl (C=O) groups is 1. The van der Waals surface area contributed by atoms with Crippen molar-refractivity contribution >= 4 is 15.9 Å². The molecule has 0 bridgehead atoms. The highest BCUT2D eigenvalue weighted by Gasteiger charge is 2.13. The molecule has 0 fully saturated rings. The quantitative estimate of drug-likeness (QED) is 0.804. The largest absolute Gasteiger partial charge is 0.354 e. The molecule has 0 atom stereocenters. The van der Waals surface area contributed by atoms with Crippen LogP contribution in [0.1, 0.15) is 6.92 Å². The predicted molar refractivity (Wildman–Crippen MR) is 85.5 cm³/mol. The molecule has 0 unspecified atom stereocenters. The Morgan fingerprint density at radius 2 is 1.73 bits per heavy atom. The molecule has 0 saturated heterocycles. The summed E-state index contributed by atoms with van der Waals surface area (Å²) in [5, 5.41) is 0. The monoisotopic (exact) mass is 319 g/mol. The number of hydrogen-bond donors (Lipinski definition) is 1. The Kier molecular flexibility index (Phi) is 4.95. The van der Waals surface area contributed by atoms with Gasteiger partial charge in [0.05, 0.1) is 0 Å². The minimum Gasteiger partial charge on any atom is -0.354 e. The Hall–Kier alpha value is -2.18. The molecule has 0 spiro atoms. The molecule has 0 radical (unpaired) electrons. The van der Waals surface area contributed by atoms with E-state index in [4.69, 9.17) is 4.55 Å². The lowest BCUT2D eigenvalue weighted by Gasteiger charge is -2.17. The summed E-state index contributed by atoms with van der Waals surface area (Å²) in [5.41, 5.74) is 1.86. The summed E-state index contributed by atoms with van der Waals surface area (Å²) >= 11 is 0. The Balaban J connectivity index is 2.39.